The predicted molar refractivity (Wildman–Crippen MR) is 108 cm³/mol. The van der Waals surface area contributed by atoms with Crippen molar-refractivity contribution >= 4 is 51.3 Å². The second-order valence-corrected chi connectivity index (χ2v) is 7.21. The molecule has 0 atom stereocenters. The van der Waals surface area contributed by atoms with Crippen LogP contribution in [0, 0.1) is 6.92 Å². The monoisotopic (exact) mass is 450 g/mol. The zero-order valence-corrected chi connectivity index (χ0v) is 16.7. The topological polar surface area (TPSA) is 54.6 Å². The first kappa shape index (κ1) is 18.7. The Balaban J connectivity index is 1.70. The minimum Gasteiger partial charge on any atom is -0.455 e. The van der Waals surface area contributed by atoms with Gasteiger partial charge in [-0.05, 0) is 55.0 Å². The van der Waals surface area contributed by atoms with Crippen molar-refractivity contribution in [1.82, 2.24) is 5.43 Å². The number of nitrogens with one attached hydrogen (secondary N) is 1. The van der Waals surface area contributed by atoms with Crippen LogP contribution >= 0.6 is 39.1 Å². The van der Waals surface area contributed by atoms with Gasteiger partial charge in [-0.3, -0.25) is 4.79 Å². The average molecular weight is 452 g/mol. The molecule has 1 N–H and O–H groups in total. The molecule has 0 saturated carbocycles. The number of hydrogen-bond donors (Lipinski definition) is 1. The van der Waals surface area contributed by atoms with Gasteiger partial charge in [-0.2, -0.15) is 5.10 Å². The van der Waals surface area contributed by atoms with Gasteiger partial charge in [-0.1, -0.05) is 45.2 Å². The van der Waals surface area contributed by atoms with E-state index in [2.05, 4.69) is 26.5 Å². The molecule has 0 aliphatic carbocycles. The summed E-state index contributed by atoms with van der Waals surface area (Å²) in [5.41, 5.74) is 4.79. The van der Waals surface area contributed by atoms with Gasteiger partial charge in [0.2, 0.25) is 0 Å². The molecule has 4 nitrogen and oxygen atoms in total. The number of carbonyl (C=O) groups is 1. The van der Waals surface area contributed by atoms with Gasteiger partial charge in [0.15, 0.2) is 0 Å². The third-order valence-corrected chi connectivity index (χ3v) is 4.75. The van der Waals surface area contributed by atoms with E-state index in [0.29, 0.717) is 16.5 Å². The van der Waals surface area contributed by atoms with Gasteiger partial charge in [-0.25, -0.2) is 5.43 Å². The van der Waals surface area contributed by atoms with Crippen LogP contribution in [0.5, 0.6) is 0 Å². The van der Waals surface area contributed by atoms with Gasteiger partial charge in [-0.15, -0.1) is 0 Å². The maximum absolute atomic E-state index is 12.1. The highest BCUT2D eigenvalue weighted by atomic mass is 79.9. The summed E-state index contributed by atoms with van der Waals surface area (Å²) >= 11 is 15.3. The molecule has 7 heteroatoms. The number of carbonyl (C=O) groups excluding carboxylic acids is 1. The molecule has 0 spiro atoms. The van der Waals surface area contributed by atoms with Crippen LogP contribution in [-0.2, 0) is 0 Å². The summed E-state index contributed by atoms with van der Waals surface area (Å²) in [7, 11) is 0. The number of hydrogen-bond acceptors (Lipinski definition) is 3. The molecule has 3 rings (SSSR count). The molecule has 0 bridgehead atoms. The summed E-state index contributed by atoms with van der Waals surface area (Å²) in [5.74, 6) is 0.774. The number of aryl methyl sites for hydroxylation is 1. The Morgan fingerprint density at radius 1 is 1.15 bits per heavy atom. The highest BCUT2D eigenvalue weighted by Crippen LogP contribution is 2.30. The van der Waals surface area contributed by atoms with Crippen molar-refractivity contribution in [3.63, 3.8) is 0 Å². The van der Waals surface area contributed by atoms with Crippen LogP contribution in [0.2, 0.25) is 10.0 Å². The van der Waals surface area contributed by atoms with Crippen LogP contribution in [0.3, 0.4) is 0 Å². The van der Waals surface area contributed by atoms with Gasteiger partial charge in [0.25, 0.3) is 5.91 Å². The zero-order valence-electron chi connectivity index (χ0n) is 13.6. The molecule has 26 heavy (non-hydrogen) atoms. The van der Waals surface area contributed by atoms with E-state index in [4.69, 9.17) is 27.6 Å². The van der Waals surface area contributed by atoms with Crippen LogP contribution in [-0.4, -0.2) is 12.1 Å². The van der Waals surface area contributed by atoms with Crippen LogP contribution < -0.4 is 5.43 Å². The fourth-order valence-corrected chi connectivity index (χ4v) is 3.46. The van der Waals surface area contributed by atoms with Crippen molar-refractivity contribution in [2.24, 2.45) is 5.10 Å². The Bertz CT molecular complexity index is 999. The lowest BCUT2D eigenvalue weighted by atomic mass is 10.1. The maximum Gasteiger partial charge on any atom is 0.272 e. The van der Waals surface area contributed by atoms with E-state index in [1.165, 1.54) is 18.3 Å². The van der Waals surface area contributed by atoms with Crippen molar-refractivity contribution in [1.29, 1.82) is 0 Å². The Kier molecular flexibility index (Phi) is 5.81. The Morgan fingerprint density at radius 3 is 2.69 bits per heavy atom. The van der Waals surface area contributed by atoms with E-state index in [1.807, 2.05) is 31.2 Å². The molecule has 0 aliphatic heterocycles. The third kappa shape index (κ3) is 4.36. The minimum absolute atomic E-state index is 0.259. The number of amides is 1. The lowest BCUT2D eigenvalue weighted by Crippen LogP contribution is -2.17. The lowest BCUT2D eigenvalue weighted by Gasteiger charge is -2.03. The molecule has 0 radical (unpaired) electrons. The number of benzene rings is 2. The second kappa shape index (κ2) is 8.08. The van der Waals surface area contributed by atoms with Gasteiger partial charge < -0.3 is 4.42 Å². The molecule has 3 aromatic rings. The van der Waals surface area contributed by atoms with E-state index >= 15 is 0 Å². The molecule has 1 heterocycles. The zero-order chi connectivity index (χ0) is 18.7. The van der Waals surface area contributed by atoms with Crippen LogP contribution in [0.25, 0.3) is 11.3 Å². The fourth-order valence-electron chi connectivity index (χ4n) is 2.28. The molecular weight excluding hydrogens is 439 g/mol. The summed E-state index contributed by atoms with van der Waals surface area (Å²) < 4.78 is 6.69. The second-order valence-electron chi connectivity index (χ2n) is 5.51. The number of rotatable bonds is 4. The van der Waals surface area contributed by atoms with E-state index in [1.54, 1.807) is 12.1 Å². The van der Waals surface area contributed by atoms with Gasteiger partial charge in [0.1, 0.15) is 11.5 Å². The van der Waals surface area contributed by atoms with Gasteiger partial charge >= 0.3 is 0 Å². The molecular formula is C19H13BrCl2N2O2. The number of nitrogens with zero attached hydrogens (tertiary/aromatic N) is 1. The third-order valence-electron chi connectivity index (χ3n) is 3.55. The summed E-state index contributed by atoms with van der Waals surface area (Å²) in [6.45, 7) is 2.02. The van der Waals surface area contributed by atoms with E-state index in [0.717, 1.165) is 15.6 Å². The summed E-state index contributed by atoms with van der Waals surface area (Å²) in [4.78, 5) is 12.1. The van der Waals surface area contributed by atoms with Crippen LogP contribution in [0.4, 0.5) is 0 Å². The molecule has 1 aromatic heterocycles. The Hall–Kier alpha value is -2.08. The van der Waals surface area contributed by atoms with Crippen molar-refractivity contribution in [2.75, 3.05) is 0 Å². The maximum atomic E-state index is 12.1. The quantitative estimate of drug-likeness (QED) is 0.385. The van der Waals surface area contributed by atoms with Gasteiger partial charge in [0, 0.05) is 15.1 Å². The summed E-state index contributed by atoms with van der Waals surface area (Å²) in [5, 5.41) is 4.62. The summed E-state index contributed by atoms with van der Waals surface area (Å²) in [6, 6.07) is 14.2. The Morgan fingerprint density at radius 2 is 1.96 bits per heavy atom. The standard InChI is InChI=1S/C19H13BrCl2N2O2/c1-11-2-5-14(16(20)8-11)18-7-4-13(26-18)10-23-24-19(25)15-6-3-12(21)9-17(15)22/h2-10H,1H3,(H,24,25)/b23-10-. The molecule has 0 aliphatic rings. The first-order chi connectivity index (χ1) is 12.4. The number of furan rings is 1. The van der Waals surface area contributed by atoms with E-state index in [-0.39, 0.29) is 10.6 Å². The smallest absolute Gasteiger partial charge is 0.272 e. The van der Waals surface area contributed by atoms with Crippen LogP contribution in [0.15, 0.2) is 62.5 Å². The largest absolute Gasteiger partial charge is 0.455 e. The molecule has 0 saturated heterocycles. The van der Waals surface area contributed by atoms with Crippen molar-refractivity contribution in [2.45, 2.75) is 6.92 Å². The van der Waals surface area contributed by atoms with Crippen molar-refractivity contribution in [3.05, 3.63) is 79.9 Å². The fraction of sp³-hybridized carbons (Fsp3) is 0.0526. The van der Waals surface area contributed by atoms with Crippen LogP contribution in [0.1, 0.15) is 21.7 Å². The first-order valence-electron chi connectivity index (χ1n) is 7.59. The van der Waals surface area contributed by atoms with Gasteiger partial charge in [0.05, 0.1) is 16.8 Å². The number of halogens is 3. The lowest BCUT2D eigenvalue weighted by molar-refractivity contribution is 0.0955. The average Bonchev–Trinajstić information content (AvgIpc) is 3.03. The molecule has 0 fully saturated rings. The molecule has 0 unspecified atom stereocenters. The number of hydrazone groups is 1. The van der Waals surface area contributed by atoms with E-state index in [9.17, 15) is 4.79 Å². The SMILES string of the molecule is Cc1ccc(-c2ccc(/C=N\NC(=O)c3ccc(Cl)cc3Cl)o2)c(Br)c1. The minimum atomic E-state index is -0.434. The highest BCUT2D eigenvalue weighted by molar-refractivity contribution is 9.10. The molecule has 1 amide bonds. The van der Waals surface area contributed by atoms with Crippen molar-refractivity contribution in [3.8, 4) is 11.3 Å². The normalized spacial score (nSPS) is 11.1. The first-order valence-corrected chi connectivity index (χ1v) is 9.14. The predicted octanol–water partition coefficient (Wildman–Crippen LogP) is 6.09. The Labute approximate surface area is 168 Å². The summed E-state index contributed by atoms with van der Waals surface area (Å²) in [6.07, 6.45) is 1.42. The highest BCUT2D eigenvalue weighted by Gasteiger charge is 2.10. The van der Waals surface area contributed by atoms with E-state index < -0.39 is 5.91 Å². The van der Waals surface area contributed by atoms with Crippen molar-refractivity contribution < 1.29 is 9.21 Å². The molecule has 132 valence electrons. The molecule has 2 aromatic carbocycles.